The zero-order valence-corrected chi connectivity index (χ0v) is 12.8. The summed E-state index contributed by atoms with van der Waals surface area (Å²) >= 11 is 0. The second kappa shape index (κ2) is 6.84. The van der Waals surface area contributed by atoms with Crippen molar-refractivity contribution in [1.82, 2.24) is 14.5 Å². The fraction of sp³-hybridized carbons (Fsp3) is 0.357. The summed E-state index contributed by atoms with van der Waals surface area (Å²) in [4.78, 5) is 0. The molecule has 0 bridgehead atoms. The van der Waals surface area contributed by atoms with Crippen molar-refractivity contribution in [3.8, 4) is 0 Å². The lowest BCUT2D eigenvalue weighted by molar-refractivity contribution is 0.493. The van der Waals surface area contributed by atoms with Gasteiger partial charge >= 0.3 is 0 Å². The Morgan fingerprint density at radius 1 is 1.29 bits per heavy atom. The molecule has 2 rings (SSSR count). The van der Waals surface area contributed by atoms with Crippen molar-refractivity contribution in [2.24, 2.45) is 5.73 Å². The highest BCUT2D eigenvalue weighted by atomic mass is 32.2. The first kappa shape index (κ1) is 15.7. The van der Waals surface area contributed by atoms with Crippen molar-refractivity contribution in [2.75, 3.05) is 0 Å². The quantitative estimate of drug-likeness (QED) is 0.793. The summed E-state index contributed by atoms with van der Waals surface area (Å²) in [6, 6.07) is 8.85. The van der Waals surface area contributed by atoms with Crippen molar-refractivity contribution >= 4 is 10.0 Å². The van der Waals surface area contributed by atoms with Gasteiger partial charge in [-0.3, -0.25) is 4.68 Å². The number of nitrogens with two attached hydrogens (primary N) is 1. The first-order valence-corrected chi connectivity index (χ1v) is 8.39. The smallest absolute Gasteiger partial charge is 0.216 e. The molecule has 3 N–H and O–H groups in total. The van der Waals surface area contributed by atoms with Crippen molar-refractivity contribution in [3.63, 3.8) is 0 Å². The molecule has 114 valence electrons. The summed E-state index contributed by atoms with van der Waals surface area (Å²) in [5, 5.41) is 4.06. The molecule has 0 aliphatic rings. The molecule has 21 heavy (non-hydrogen) atoms. The SMILES string of the molecule is CC(Cn1cccn1)NS(=O)(=O)Cc1ccc(CN)cc1. The second-order valence-electron chi connectivity index (χ2n) is 5.03. The zero-order chi connectivity index (χ0) is 15.3. The maximum absolute atomic E-state index is 12.1. The number of nitrogens with one attached hydrogen (secondary N) is 1. The molecule has 1 heterocycles. The lowest BCUT2D eigenvalue weighted by Gasteiger charge is -2.14. The van der Waals surface area contributed by atoms with Gasteiger partial charge in [0.2, 0.25) is 10.0 Å². The second-order valence-corrected chi connectivity index (χ2v) is 6.78. The molecule has 7 heteroatoms. The number of benzene rings is 1. The fourth-order valence-corrected chi connectivity index (χ4v) is 3.47. The van der Waals surface area contributed by atoms with Gasteiger partial charge in [-0.2, -0.15) is 5.10 Å². The van der Waals surface area contributed by atoms with Gasteiger partial charge in [-0.25, -0.2) is 13.1 Å². The predicted octanol–water partition coefficient (Wildman–Crippen LogP) is 0.850. The third kappa shape index (κ3) is 4.96. The highest BCUT2D eigenvalue weighted by molar-refractivity contribution is 7.88. The summed E-state index contributed by atoms with van der Waals surface area (Å²) in [6.07, 6.45) is 3.47. The molecule has 0 spiro atoms. The molecule has 0 fully saturated rings. The summed E-state index contributed by atoms with van der Waals surface area (Å²) < 4.78 is 28.6. The monoisotopic (exact) mass is 308 g/mol. The van der Waals surface area contributed by atoms with E-state index in [0.29, 0.717) is 13.1 Å². The number of rotatable bonds is 7. The van der Waals surface area contributed by atoms with E-state index in [1.165, 1.54) is 0 Å². The third-order valence-corrected chi connectivity index (χ3v) is 4.49. The first-order valence-electron chi connectivity index (χ1n) is 6.74. The van der Waals surface area contributed by atoms with Gasteiger partial charge in [-0.1, -0.05) is 24.3 Å². The molecule has 1 atom stereocenters. The molecule has 0 amide bonds. The first-order chi connectivity index (χ1) is 9.98. The van der Waals surface area contributed by atoms with Gasteiger partial charge in [0.05, 0.1) is 12.3 Å². The normalized spacial score (nSPS) is 13.2. The van der Waals surface area contributed by atoms with Gasteiger partial charge in [-0.15, -0.1) is 0 Å². The number of aromatic nitrogens is 2. The molecule has 1 aromatic carbocycles. The molecule has 6 nitrogen and oxygen atoms in total. The average Bonchev–Trinajstić information content (AvgIpc) is 2.91. The van der Waals surface area contributed by atoms with Crippen LogP contribution in [0.3, 0.4) is 0 Å². The topological polar surface area (TPSA) is 90.0 Å². The number of sulfonamides is 1. The molecule has 0 saturated heterocycles. The van der Waals surface area contributed by atoms with Crippen molar-refractivity contribution in [1.29, 1.82) is 0 Å². The summed E-state index contributed by atoms with van der Waals surface area (Å²) in [7, 11) is -3.38. The summed E-state index contributed by atoms with van der Waals surface area (Å²) in [5.74, 6) is -0.0404. The van der Waals surface area contributed by atoms with E-state index in [1.54, 1.807) is 35.3 Å². The molecule has 1 aromatic heterocycles. The van der Waals surface area contributed by atoms with Gasteiger partial charge in [0, 0.05) is 25.0 Å². The third-order valence-electron chi connectivity index (χ3n) is 3.02. The van der Waals surface area contributed by atoms with Crippen molar-refractivity contribution in [3.05, 3.63) is 53.9 Å². The average molecular weight is 308 g/mol. The minimum Gasteiger partial charge on any atom is -0.326 e. The van der Waals surface area contributed by atoms with Crippen LogP contribution in [-0.2, 0) is 28.9 Å². The number of hydrogen-bond donors (Lipinski definition) is 2. The summed E-state index contributed by atoms with van der Waals surface area (Å²) in [6.45, 7) is 2.77. The van der Waals surface area contributed by atoms with Crippen LogP contribution in [0, 0.1) is 0 Å². The molecular weight excluding hydrogens is 288 g/mol. The van der Waals surface area contributed by atoms with E-state index in [2.05, 4.69) is 9.82 Å². The minimum atomic E-state index is -3.38. The Morgan fingerprint density at radius 3 is 2.52 bits per heavy atom. The number of hydrogen-bond acceptors (Lipinski definition) is 4. The van der Waals surface area contributed by atoms with E-state index in [-0.39, 0.29) is 11.8 Å². The van der Waals surface area contributed by atoms with E-state index in [0.717, 1.165) is 11.1 Å². The van der Waals surface area contributed by atoms with Crippen molar-refractivity contribution < 1.29 is 8.42 Å². The Bertz CT molecular complexity index is 651. The molecule has 1 unspecified atom stereocenters. The Hall–Kier alpha value is -1.70. The van der Waals surface area contributed by atoms with Crippen molar-refractivity contribution in [2.45, 2.75) is 31.8 Å². The minimum absolute atomic E-state index is 0.0404. The molecule has 0 radical (unpaired) electrons. The molecular formula is C14H20N4O2S. The van der Waals surface area contributed by atoms with E-state index in [4.69, 9.17) is 5.73 Å². The maximum Gasteiger partial charge on any atom is 0.216 e. The fourth-order valence-electron chi connectivity index (χ4n) is 2.07. The Morgan fingerprint density at radius 2 is 1.95 bits per heavy atom. The lowest BCUT2D eigenvalue weighted by atomic mass is 10.1. The summed E-state index contributed by atoms with van der Waals surface area (Å²) in [5.41, 5.74) is 7.24. The molecule has 0 aliphatic heterocycles. The largest absolute Gasteiger partial charge is 0.326 e. The van der Waals surface area contributed by atoms with E-state index >= 15 is 0 Å². The van der Waals surface area contributed by atoms with Gasteiger partial charge < -0.3 is 5.73 Å². The molecule has 2 aromatic rings. The van der Waals surface area contributed by atoms with Gasteiger partial charge in [0.15, 0.2) is 0 Å². The van der Waals surface area contributed by atoms with Crippen LogP contribution in [0.25, 0.3) is 0 Å². The molecule has 0 saturated carbocycles. The highest BCUT2D eigenvalue weighted by Crippen LogP contribution is 2.08. The Labute approximate surface area is 125 Å². The molecule has 0 aliphatic carbocycles. The van der Waals surface area contributed by atoms with Gasteiger partial charge in [0.1, 0.15) is 0 Å². The predicted molar refractivity (Wildman–Crippen MR) is 81.8 cm³/mol. The van der Waals surface area contributed by atoms with E-state index < -0.39 is 10.0 Å². The van der Waals surface area contributed by atoms with Crippen LogP contribution in [-0.4, -0.2) is 24.2 Å². The van der Waals surface area contributed by atoms with Crippen LogP contribution in [0.1, 0.15) is 18.1 Å². The van der Waals surface area contributed by atoms with Crippen LogP contribution in [0.15, 0.2) is 42.7 Å². The zero-order valence-electron chi connectivity index (χ0n) is 11.9. The van der Waals surface area contributed by atoms with Crippen LogP contribution < -0.4 is 10.5 Å². The maximum atomic E-state index is 12.1. The highest BCUT2D eigenvalue weighted by Gasteiger charge is 2.15. The van der Waals surface area contributed by atoms with Crippen LogP contribution in [0.5, 0.6) is 0 Å². The Kier molecular flexibility index (Phi) is 5.11. The van der Waals surface area contributed by atoms with Gasteiger partial charge in [-0.05, 0) is 24.1 Å². The van der Waals surface area contributed by atoms with Crippen LogP contribution in [0.4, 0.5) is 0 Å². The Balaban J connectivity index is 1.94. The standard InChI is InChI=1S/C14H20N4O2S/c1-12(10-18-8-2-7-16-18)17-21(19,20)11-14-5-3-13(9-15)4-6-14/h2-8,12,17H,9-11,15H2,1H3. The van der Waals surface area contributed by atoms with E-state index in [1.807, 2.05) is 19.1 Å². The lowest BCUT2D eigenvalue weighted by Crippen LogP contribution is -2.36. The number of nitrogens with zero attached hydrogens (tertiary/aromatic N) is 2. The van der Waals surface area contributed by atoms with Gasteiger partial charge in [0.25, 0.3) is 0 Å². The van der Waals surface area contributed by atoms with E-state index in [9.17, 15) is 8.42 Å². The van der Waals surface area contributed by atoms with Crippen LogP contribution >= 0.6 is 0 Å². The van der Waals surface area contributed by atoms with Crippen LogP contribution in [0.2, 0.25) is 0 Å².